The van der Waals surface area contributed by atoms with Gasteiger partial charge < -0.3 is 5.32 Å². The lowest BCUT2D eigenvalue weighted by molar-refractivity contribution is -0.141. The molecule has 2 heterocycles. The molecule has 0 bridgehead atoms. The minimum absolute atomic E-state index is 0.00161. The van der Waals surface area contributed by atoms with Gasteiger partial charge >= 0.3 is 6.18 Å². The van der Waals surface area contributed by atoms with Gasteiger partial charge in [0.15, 0.2) is 0 Å². The first-order chi connectivity index (χ1) is 9.54. The summed E-state index contributed by atoms with van der Waals surface area (Å²) in [6, 6.07) is 10.2. The highest BCUT2D eigenvalue weighted by atomic mass is 19.4. The van der Waals surface area contributed by atoms with Crippen LogP contribution in [0.15, 0.2) is 48.8 Å². The number of alkyl halides is 3. The molecule has 0 radical (unpaired) electrons. The number of anilines is 2. The highest BCUT2D eigenvalue weighted by molar-refractivity contribution is 5.58. The van der Waals surface area contributed by atoms with Gasteiger partial charge in [0, 0.05) is 11.9 Å². The molecule has 0 spiro atoms. The van der Waals surface area contributed by atoms with Gasteiger partial charge in [-0.15, -0.1) is 0 Å². The molecule has 0 unspecified atom stereocenters. The lowest BCUT2D eigenvalue weighted by Gasteiger charge is -2.07. The van der Waals surface area contributed by atoms with Gasteiger partial charge in [0.1, 0.15) is 11.5 Å². The van der Waals surface area contributed by atoms with Crippen LogP contribution in [0, 0.1) is 0 Å². The minimum atomic E-state index is -4.47. The van der Waals surface area contributed by atoms with Crippen LogP contribution < -0.4 is 5.32 Å². The van der Waals surface area contributed by atoms with Crippen LogP contribution in [0.4, 0.5) is 24.7 Å². The molecule has 7 heteroatoms. The van der Waals surface area contributed by atoms with E-state index in [0.717, 1.165) is 11.8 Å². The third-order valence-electron chi connectivity index (χ3n) is 2.72. The molecule has 1 aromatic carbocycles. The van der Waals surface area contributed by atoms with Crippen molar-refractivity contribution in [3.63, 3.8) is 0 Å². The smallest absolute Gasteiger partial charge is 0.340 e. The van der Waals surface area contributed by atoms with E-state index in [0.29, 0.717) is 5.82 Å². The summed E-state index contributed by atoms with van der Waals surface area (Å²) in [6.07, 6.45) is -1.74. The standard InChI is InChI=1S/C13H9F3N4/c14-13(15,16)10-6-7-20-11(8-17-12(20)19-10)18-9-4-2-1-3-5-9/h1-8,18H. The first-order valence-corrected chi connectivity index (χ1v) is 5.77. The second-order valence-electron chi connectivity index (χ2n) is 4.12. The van der Waals surface area contributed by atoms with Gasteiger partial charge in [0.2, 0.25) is 5.78 Å². The number of para-hydroxylation sites is 1. The summed E-state index contributed by atoms with van der Waals surface area (Å²) in [5.74, 6) is 0.547. The Labute approximate surface area is 111 Å². The van der Waals surface area contributed by atoms with Crippen LogP contribution in [-0.4, -0.2) is 14.4 Å². The Morgan fingerprint density at radius 2 is 1.80 bits per heavy atom. The second-order valence-corrected chi connectivity index (χ2v) is 4.12. The highest BCUT2D eigenvalue weighted by Gasteiger charge is 2.32. The molecule has 3 rings (SSSR count). The topological polar surface area (TPSA) is 42.2 Å². The Morgan fingerprint density at radius 3 is 2.50 bits per heavy atom. The Balaban J connectivity index is 1.98. The Bertz CT molecular complexity index is 734. The summed E-state index contributed by atoms with van der Waals surface area (Å²) in [7, 11) is 0. The molecule has 4 nitrogen and oxygen atoms in total. The van der Waals surface area contributed by atoms with Gasteiger partial charge in [-0.3, -0.25) is 4.40 Å². The fourth-order valence-corrected chi connectivity index (χ4v) is 1.79. The molecule has 0 atom stereocenters. The Hall–Kier alpha value is -2.57. The fourth-order valence-electron chi connectivity index (χ4n) is 1.79. The number of fused-ring (bicyclic) bond motifs is 1. The van der Waals surface area contributed by atoms with Crippen molar-refractivity contribution >= 4 is 17.3 Å². The molecule has 102 valence electrons. The van der Waals surface area contributed by atoms with E-state index in [4.69, 9.17) is 0 Å². The zero-order valence-electron chi connectivity index (χ0n) is 10.1. The lowest BCUT2D eigenvalue weighted by atomic mass is 10.3. The first kappa shape index (κ1) is 12.5. The van der Waals surface area contributed by atoms with Crippen molar-refractivity contribution in [2.24, 2.45) is 0 Å². The van der Waals surface area contributed by atoms with E-state index in [2.05, 4.69) is 15.3 Å². The lowest BCUT2D eigenvalue weighted by Crippen LogP contribution is -2.09. The highest BCUT2D eigenvalue weighted by Crippen LogP contribution is 2.28. The van der Waals surface area contributed by atoms with E-state index >= 15 is 0 Å². The third-order valence-corrected chi connectivity index (χ3v) is 2.72. The monoisotopic (exact) mass is 278 g/mol. The van der Waals surface area contributed by atoms with Crippen LogP contribution in [0.2, 0.25) is 0 Å². The summed E-state index contributed by atoms with van der Waals surface area (Å²) >= 11 is 0. The molecule has 0 saturated heterocycles. The van der Waals surface area contributed by atoms with Crippen LogP contribution in [0.1, 0.15) is 5.69 Å². The predicted octanol–water partition coefficient (Wildman–Crippen LogP) is 3.49. The van der Waals surface area contributed by atoms with Crippen LogP contribution in [0.3, 0.4) is 0 Å². The molecular formula is C13H9F3N4. The molecule has 3 aromatic rings. The summed E-state index contributed by atoms with van der Waals surface area (Å²) in [4.78, 5) is 7.37. The van der Waals surface area contributed by atoms with E-state index in [-0.39, 0.29) is 5.78 Å². The number of aromatic nitrogens is 3. The average molecular weight is 278 g/mol. The van der Waals surface area contributed by atoms with E-state index in [1.165, 1.54) is 16.8 Å². The zero-order chi connectivity index (χ0) is 14.2. The SMILES string of the molecule is FC(F)(F)c1ccn2c(Nc3ccccc3)cnc2n1. The van der Waals surface area contributed by atoms with Crippen LogP contribution in [0.25, 0.3) is 5.78 Å². The van der Waals surface area contributed by atoms with Crippen molar-refractivity contribution in [3.05, 3.63) is 54.5 Å². The molecule has 20 heavy (non-hydrogen) atoms. The van der Waals surface area contributed by atoms with Crippen molar-refractivity contribution in [3.8, 4) is 0 Å². The predicted molar refractivity (Wildman–Crippen MR) is 67.7 cm³/mol. The second kappa shape index (κ2) is 4.52. The summed E-state index contributed by atoms with van der Waals surface area (Å²) < 4.78 is 39.1. The van der Waals surface area contributed by atoms with Gasteiger partial charge in [-0.2, -0.15) is 13.2 Å². The number of imidazole rings is 1. The number of nitrogens with one attached hydrogen (secondary N) is 1. The summed E-state index contributed by atoms with van der Waals surface area (Å²) in [5, 5.41) is 3.06. The maximum Gasteiger partial charge on any atom is 0.433 e. The normalized spacial score (nSPS) is 11.8. The molecule has 1 N–H and O–H groups in total. The first-order valence-electron chi connectivity index (χ1n) is 5.77. The number of hydrogen-bond donors (Lipinski definition) is 1. The third kappa shape index (κ3) is 2.29. The van der Waals surface area contributed by atoms with Gasteiger partial charge in [-0.1, -0.05) is 18.2 Å². The van der Waals surface area contributed by atoms with Crippen molar-refractivity contribution in [2.45, 2.75) is 6.18 Å². The van der Waals surface area contributed by atoms with E-state index in [9.17, 15) is 13.2 Å². The molecule has 0 amide bonds. The van der Waals surface area contributed by atoms with Crippen molar-refractivity contribution in [1.29, 1.82) is 0 Å². The van der Waals surface area contributed by atoms with E-state index < -0.39 is 11.9 Å². The van der Waals surface area contributed by atoms with Crippen molar-refractivity contribution in [1.82, 2.24) is 14.4 Å². The molecule has 0 fully saturated rings. The maximum absolute atomic E-state index is 12.6. The van der Waals surface area contributed by atoms with Crippen LogP contribution >= 0.6 is 0 Å². The van der Waals surface area contributed by atoms with Crippen molar-refractivity contribution in [2.75, 3.05) is 5.32 Å². The van der Waals surface area contributed by atoms with E-state index in [1.807, 2.05) is 30.3 Å². The Kier molecular flexibility index (Phi) is 2.81. The average Bonchev–Trinajstić information content (AvgIpc) is 2.81. The number of nitrogens with zero attached hydrogens (tertiary/aromatic N) is 3. The molecule has 0 aliphatic rings. The maximum atomic E-state index is 12.6. The quantitative estimate of drug-likeness (QED) is 0.780. The van der Waals surface area contributed by atoms with Gasteiger partial charge in [0.25, 0.3) is 0 Å². The molecule has 0 aliphatic carbocycles. The molecule has 0 aliphatic heterocycles. The van der Waals surface area contributed by atoms with Crippen molar-refractivity contribution < 1.29 is 13.2 Å². The number of halogens is 3. The van der Waals surface area contributed by atoms with Gasteiger partial charge in [0.05, 0.1) is 6.20 Å². The van der Waals surface area contributed by atoms with Gasteiger partial charge in [-0.25, -0.2) is 9.97 Å². The molecular weight excluding hydrogens is 269 g/mol. The molecule has 2 aromatic heterocycles. The van der Waals surface area contributed by atoms with Gasteiger partial charge in [-0.05, 0) is 18.2 Å². The Morgan fingerprint density at radius 1 is 1.05 bits per heavy atom. The number of rotatable bonds is 2. The van der Waals surface area contributed by atoms with Crippen LogP contribution in [-0.2, 0) is 6.18 Å². The fraction of sp³-hybridized carbons (Fsp3) is 0.0769. The molecule has 0 saturated carbocycles. The number of hydrogen-bond acceptors (Lipinski definition) is 3. The number of benzene rings is 1. The zero-order valence-corrected chi connectivity index (χ0v) is 10.1. The van der Waals surface area contributed by atoms with Crippen LogP contribution in [0.5, 0.6) is 0 Å². The largest absolute Gasteiger partial charge is 0.433 e. The minimum Gasteiger partial charge on any atom is -0.340 e. The van der Waals surface area contributed by atoms with E-state index in [1.54, 1.807) is 0 Å². The summed E-state index contributed by atoms with van der Waals surface area (Å²) in [6.45, 7) is 0. The summed E-state index contributed by atoms with van der Waals surface area (Å²) in [5.41, 5.74) is -0.143.